The number of rotatable bonds is 4. The smallest absolute Gasteiger partial charge is 0.123 e. The van der Waals surface area contributed by atoms with Crippen LogP contribution in [0.4, 0.5) is 25.8 Å². The largest absolute Gasteiger partial charge is 0.310 e. The molecule has 0 radical (unpaired) electrons. The van der Waals surface area contributed by atoms with Crippen LogP contribution in [0.3, 0.4) is 0 Å². The molecule has 3 heteroatoms. The lowest BCUT2D eigenvalue weighted by Gasteiger charge is -2.33. The first kappa shape index (κ1) is 32.8. The fraction of sp³-hybridized carbons (Fsp3) is 0.0182. The minimum absolute atomic E-state index is 0.317. The molecule has 0 saturated heterocycles. The van der Waals surface area contributed by atoms with Crippen LogP contribution >= 0.6 is 0 Å². The van der Waals surface area contributed by atoms with E-state index in [1.54, 1.807) is 12.1 Å². The Labute approximate surface area is 334 Å². The van der Waals surface area contributed by atoms with Crippen LogP contribution in [0.1, 0.15) is 22.3 Å². The van der Waals surface area contributed by atoms with E-state index in [9.17, 15) is 0 Å². The molecular weight excluding hydrogens is 713 g/mol. The van der Waals surface area contributed by atoms with Gasteiger partial charge in [-0.15, -0.1) is 0 Å². The Hall–Kier alpha value is -7.36. The molecule has 0 aromatic heterocycles. The summed E-state index contributed by atoms with van der Waals surface area (Å²) in [5.74, 6) is -0.634. The molecule has 10 aromatic carbocycles. The zero-order chi connectivity index (χ0) is 38.5. The molecule has 272 valence electrons. The van der Waals surface area contributed by atoms with Crippen molar-refractivity contribution in [3.8, 4) is 33.4 Å². The van der Waals surface area contributed by atoms with Crippen molar-refractivity contribution in [1.82, 2.24) is 0 Å². The first-order chi connectivity index (χ1) is 28.6. The summed E-state index contributed by atoms with van der Waals surface area (Å²) in [6.07, 6.45) is 0. The summed E-state index contributed by atoms with van der Waals surface area (Å²) in [4.78, 5) is 2.36. The third-order valence-corrected chi connectivity index (χ3v) is 12.6. The lowest BCUT2D eigenvalue weighted by molar-refractivity contribution is 0.618. The van der Waals surface area contributed by atoms with Crippen molar-refractivity contribution in [1.29, 1.82) is 0 Å². The van der Waals surface area contributed by atoms with Gasteiger partial charge in [0.1, 0.15) is 11.6 Å². The van der Waals surface area contributed by atoms with Gasteiger partial charge in [-0.3, -0.25) is 0 Å². The van der Waals surface area contributed by atoms with Gasteiger partial charge in [-0.25, -0.2) is 8.78 Å². The predicted octanol–water partition coefficient (Wildman–Crippen LogP) is 14.9. The summed E-state index contributed by atoms with van der Waals surface area (Å²) in [7, 11) is 0. The molecule has 58 heavy (non-hydrogen) atoms. The molecule has 0 atom stereocenters. The summed E-state index contributed by atoms with van der Waals surface area (Å²) in [6, 6.07) is 68.3. The highest BCUT2D eigenvalue weighted by molar-refractivity contribution is 6.25. The van der Waals surface area contributed by atoms with Gasteiger partial charge < -0.3 is 4.90 Å². The fourth-order valence-electron chi connectivity index (χ4n) is 10.2. The molecule has 0 N–H and O–H groups in total. The van der Waals surface area contributed by atoms with Gasteiger partial charge in [0.25, 0.3) is 0 Å². The maximum atomic E-state index is 15.6. The first-order valence-electron chi connectivity index (χ1n) is 19.7. The second-order valence-corrected chi connectivity index (χ2v) is 15.4. The van der Waals surface area contributed by atoms with Crippen LogP contribution in [-0.4, -0.2) is 0 Å². The Bertz CT molecular complexity index is 3240. The zero-order valence-corrected chi connectivity index (χ0v) is 31.3. The number of benzene rings is 10. The molecule has 0 saturated carbocycles. The van der Waals surface area contributed by atoms with E-state index in [1.807, 2.05) is 24.3 Å². The number of hydrogen-bond acceptors (Lipinski definition) is 1. The van der Waals surface area contributed by atoms with E-state index >= 15 is 8.78 Å². The molecule has 0 unspecified atom stereocenters. The molecule has 0 amide bonds. The van der Waals surface area contributed by atoms with Crippen LogP contribution in [0.2, 0.25) is 0 Å². The average Bonchev–Trinajstić information content (AvgIpc) is 3.73. The minimum Gasteiger partial charge on any atom is -0.310 e. The molecule has 0 bridgehead atoms. The normalized spacial score (nSPS) is 13.1. The lowest BCUT2D eigenvalue weighted by atomic mass is 9.70. The standard InChI is InChI=1S/C55H33F2N/c56-35-22-26-46-47-27-23-36(57)31-52(47)55(51(46)30-35)50-20-10-8-19-45(50)48-29-25-38(33-53(48)55)58(54-21-11-9-14-39(54)34-12-2-1-3-13-34)37-24-28-44-42-17-5-4-15-40(42)41-16-6-7-18-43(41)49(44)32-37/h1-33H. The SMILES string of the molecule is Fc1ccc2c(c1)C1(c3ccccc3-c3ccc(N(c4ccc5c6ccccc6c6ccccc6c5c4)c4ccccc4-c4ccccc4)cc31)c1cc(F)ccc1-2. The third-order valence-electron chi connectivity index (χ3n) is 12.6. The number of anilines is 3. The highest BCUT2D eigenvalue weighted by Gasteiger charge is 2.52. The topological polar surface area (TPSA) is 3.24 Å². The van der Waals surface area contributed by atoms with Crippen LogP contribution < -0.4 is 4.90 Å². The zero-order valence-electron chi connectivity index (χ0n) is 31.3. The van der Waals surface area contributed by atoms with Gasteiger partial charge in [0.2, 0.25) is 0 Å². The molecule has 0 aliphatic heterocycles. The van der Waals surface area contributed by atoms with E-state index in [2.05, 4.69) is 157 Å². The van der Waals surface area contributed by atoms with Crippen molar-refractivity contribution in [3.05, 3.63) is 234 Å². The first-order valence-corrected chi connectivity index (χ1v) is 19.7. The van der Waals surface area contributed by atoms with Crippen molar-refractivity contribution in [3.63, 3.8) is 0 Å². The van der Waals surface area contributed by atoms with Crippen molar-refractivity contribution in [2.45, 2.75) is 5.41 Å². The highest BCUT2D eigenvalue weighted by Crippen LogP contribution is 2.63. The Morgan fingerprint density at radius 2 is 0.759 bits per heavy atom. The van der Waals surface area contributed by atoms with Crippen molar-refractivity contribution < 1.29 is 8.78 Å². The van der Waals surface area contributed by atoms with E-state index in [4.69, 9.17) is 0 Å². The molecule has 10 aromatic rings. The Balaban J connectivity index is 1.18. The van der Waals surface area contributed by atoms with Crippen molar-refractivity contribution >= 4 is 49.4 Å². The number of fused-ring (bicyclic) bond motifs is 16. The molecule has 1 spiro atoms. The van der Waals surface area contributed by atoms with Crippen molar-refractivity contribution in [2.24, 2.45) is 0 Å². The van der Waals surface area contributed by atoms with E-state index in [-0.39, 0.29) is 11.6 Å². The summed E-state index contributed by atoms with van der Waals surface area (Å²) in [6.45, 7) is 0. The van der Waals surface area contributed by atoms with Crippen LogP contribution in [0, 0.1) is 11.6 Å². The Morgan fingerprint density at radius 3 is 1.41 bits per heavy atom. The third kappa shape index (κ3) is 4.50. The Kier molecular flexibility index (Phi) is 6.98. The van der Waals surface area contributed by atoms with Gasteiger partial charge in [0.05, 0.1) is 11.1 Å². The second kappa shape index (κ2) is 12.3. The molecule has 2 aliphatic carbocycles. The number of halogens is 2. The predicted molar refractivity (Wildman–Crippen MR) is 235 cm³/mol. The van der Waals surface area contributed by atoms with E-state index < -0.39 is 5.41 Å². The minimum atomic E-state index is -0.931. The molecule has 0 heterocycles. The lowest BCUT2D eigenvalue weighted by Crippen LogP contribution is -2.26. The number of hydrogen-bond donors (Lipinski definition) is 0. The van der Waals surface area contributed by atoms with E-state index in [0.29, 0.717) is 0 Å². The van der Waals surface area contributed by atoms with Crippen LogP contribution in [0.5, 0.6) is 0 Å². The summed E-state index contributed by atoms with van der Waals surface area (Å²) >= 11 is 0. The summed E-state index contributed by atoms with van der Waals surface area (Å²) in [5, 5.41) is 7.23. The Morgan fingerprint density at radius 1 is 0.310 bits per heavy atom. The average molecular weight is 746 g/mol. The quantitative estimate of drug-likeness (QED) is 0.162. The van der Waals surface area contributed by atoms with Crippen LogP contribution in [-0.2, 0) is 5.41 Å². The van der Waals surface area contributed by atoms with Gasteiger partial charge in [-0.2, -0.15) is 0 Å². The highest BCUT2D eigenvalue weighted by atomic mass is 19.1. The second-order valence-electron chi connectivity index (χ2n) is 15.4. The van der Waals surface area contributed by atoms with Crippen molar-refractivity contribution in [2.75, 3.05) is 4.90 Å². The number of para-hydroxylation sites is 1. The maximum Gasteiger partial charge on any atom is 0.123 e. The molecule has 0 fully saturated rings. The summed E-state index contributed by atoms with van der Waals surface area (Å²) < 4.78 is 31.1. The maximum absolute atomic E-state index is 15.6. The van der Waals surface area contributed by atoms with E-state index in [0.717, 1.165) is 72.7 Å². The molecular formula is C55H33F2N. The van der Waals surface area contributed by atoms with Crippen LogP contribution in [0.25, 0.3) is 65.7 Å². The fourth-order valence-corrected chi connectivity index (χ4v) is 10.2. The van der Waals surface area contributed by atoms with Crippen LogP contribution in [0.15, 0.2) is 200 Å². The van der Waals surface area contributed by atoms with Gasteiger partial charge in [-0.05, 0) is 137 Å². The summed E-state index contributed by atoms with van der Waals surface area (Å²) in [5.41, 5.74) is 11.9. The number of nitrogens with zero attached hydrogens (tertiary/aromatic N) is 1. The van der Waals surface area contributed by atoms with Gasteiger partial charge in [0.15, 0.2) is 0 Å². The molecule has 1 nitrogen and oxygen atoms in total. The van der Waals surface area contributed by atoms with Gasteiger partial charge >= 0.3 is 0 Å². The molecule has 2 aliphatic rings. The van der Waals surface area contributed by atoms with E-state index in [1.165, 1.54) is 44.5 Å². The monoisotopic (exact) mass is 745 g/mol. The molecule has 12 rings (SSSR count). The van der Waals surface area contributed by atoms with Gasteiger partial charge in [0, 0.05) is 16.9 Å². The van der Waals surface area contributed by atoms with Gasteiger partial charge in [-0.1, -0.05) is 146 Å².